The smallest absolute Gasteiger partial charge is 0.338 e. The Hall–Kier alpha value is -3.68. The molecule has 1 saturated heterocycles. The van der Waals surface area contributed by atoms with Crippen molar-refractivity contribution in [2.75, 3.05) is 13.2 Å². The molecule has 8 nitrogen and oxygen atoms in total. The van der Waals surface area contributed by atoms with Gasteiger partial charge in [0, 0.05) is 0 Å². The minimum absolute atomic E-state index is 0.00650. The molecule has 2 N–H and O–H groups in total. The molecule has 162 valence electrons. The molecule has 0 aliphatic carbocycles. The summed E-state index contributed by atoms with van der Waals surface area (Å²) in [7, 11) is 0. The number of nitrogens with zero attached hydrogens (tertiary/aromatic N) is 1. The zero-order valence-corrected chi connectivity index (χ0v) is 17.7. The van der Waals surface area contributed by atoms with Crippen molar-refractivity contribution in [1.82, 2.24) is 15.5 Å². The molecule has 8 heteroatoms. The number of rotatable bonds is 7. The van der Waals surface area contributed by atoms with Crippen molar-refractivity contribution < 1.29 is 23.9 Å². The molecule has 0 spiro atoms. The summed E-state index contributed by atoms with van der Waals surface area (Å²) in [5.74, 6) is -1.32. The summed E-state index contributed by atoms with van der Waals surface area (Å²) in [5, 5.41) is 5.27. The molecule has 1 unspecified atom stereocenters. The Morgan fingerprint density at radius 1 is 1.10 bits per heavy atom. The van der Waals surface area contributed by atoms with Gasteiger partial charge in [0.15, 0.2) is 6.61 Å². The first kappa shape index (κ1) is 22.0. The van der Waals surface area contributed by atoms with Crippen LogP contribution in [0.5, 0.6) is 0 Å². The number of urea groups is 1. The molecule has 1 aliphatic heterocycles. The van der Waals surface area contributed by atoms with Crippen molar-refractivity contribution in [3.05, 3.63) is 70.3 Å². The molecule has 4 amide bonds. The Labute approximate surface area is 180 Å². The van der Waals surface area contributed by atoms with Crippen LogP contribution in [0, 0.1) is 13.8 Å². The van der Waals surface area contributed by atoms with Gasteiger partial charge in [-0.1, -0.05) is 30.3 Å². The number of amides is 4. The van der Waals surface area contributed by atoms with Crippen LogP contribution in [0.4, 0.5) is 4.79 Å². The topological polar surface area (TPSA) is 105 Å². The molecule has 3 rings (SSSR count). The van der Waals surface area contributed by atoms with Crippen LogP contribution < -0.4 is 10.6 Å². The molecule has 2 aromatic carbocycles. The maximum atomic E-state index is 12.2. The number of carbonyl (C=O) groups is 4. The minimum atomic E-state index is -0.629. The summed E-state index contributed by atoms with van der Waals surface area (Å²) >= 11 is 0. The molecule has 0 bridgehead atoms. The first-order valence-corrected chi connectivity index (χ1v) is 9.95. The third-order valence-corrected chi connectivity index (χ3v) is 5.21. The predicted octanol–water partition coefficient (Wildman–Crippen LogP) is 2.39. The van der Waals surface area contributed by atoms with E-state index in [4.69, 9.17) is 4.74 Å². The Kier molecular flexibility index (Phi) is 6.69. The number of imide groups is 1. The van der Waals surface area contributed by atoms with Crippen LogP contribution in [-0.2, 0) is 20.9 Å². The van der Waals surface area contributed by atoms with Crippen molar-refractivity contribution in [1.29, 1.82) is 0 Å². The standard InChI is InChI=1S/C23H25N3O5/c1-14-4-7-19(10-15(14)2)16(3)25-20(27)13-31-22(29)18-8-5-17(6-9-18)12-26-21(28)11-24-23(26)30/h4-10,16H,11-13H2,1-3H3,(H,24,30)(H,25,27). The summed E-state index contributed by atoms with van der Waals surface area (Å²) in [5.41, 5.74) is 4.27. The number of hydrogen-bond donors (Lipinski definition) is 2. The predicted molar refractivity (Wildman–Crippen MR) is 113 cm³/mol. The first-order chi connectivity index (χ1) is 14.7. The lowest BCUT2D eigenvalue weighted by Gasteiger charge is -2.16. The van der Waals surface area contributed by atoms with Crippen LogP contribution in [0.15, 0.2) is 42.5 Å². The maximum absolute atomic E-state index is 12.2. The van der Waals surface area contributed by atoms with E-state index < -0.39 is 24.5 Å². The third kappa shape index (κ3) is 5.48. The highest BCUT2D eigenvalue weighted by Gasteiger charge is 2.28. The van der Waals surface area contributed by atoms with E-state index in [1.54, 1.807) is 12.1 Å². The average Bonchev–Trinajstić information content (AvgIpc) is 3.06. The first-order valence-electron chi connectivity index (χ1n) is 9.95. The Bertz CT molecular complexity index is 1000. The van der Waals surface area contributed by atoms with Gasteiger partial charge in [0.25, 0.3) is 5.91 Å². The van der Waals surface area contributed by atoms with Crippen molar-refractivity contribution in [3.8, 4) is 0 Å². The van der Waals surface area contributed by atoms with Crippen molar-refractivity contribution in [3.63, 3.8) is 0 Å². The molecule has 0 aromatic heterocycles. The number of carbonyl (C=O) groups excluding carboxylic acids is 4. The SMILES string of the molecule is Cc1ccc(C(C)NC(=O)COC(=O)c2ccc(CN3C(=O)CNC3=O)cc2)cc1C. The molecule has 1 aliphatic rings. The quantitative estimate of drug-likeness (QED) is 0.526. The number of aryl methyl sites for hydroxylation is 2. The van der Waals surface area contributed by atoms with E-state index in [0.29, 0.717) is 5.56 Å². The maximum Gasteiger partial charge on any atom is 0.338 e. The van der Waals surface area contributed by atoms with Gasteiger partial charge in [-0.2, -0.15) is 0 Å². The van der Waals surface area contributed by atoms with Crippen molar-refractivity contribution in [2.24, 2.45) is 0 Å². The Morgan fingerprint density at radius 3 is 2.42 bits per heavy atom. The summed E-state index contributed by atoms with van der Waals surface area (Å²) in [6, 6.07) is 11.7. The molecular weight excluding hydrogens is 398 g/mol. The molecule has 0 saturated carbocycles. The van der Waals surface area contributed by atoms with E-state index in [-0.39, 0.29) is 30.6 Å². The average molecular weight is 423 g/mol. The summed E-state index contributed by atoms with van der Waals surface area (Å²) in [4.78, 5) is 48.7. The number of ether oxygens (including phenoxy) is 1. The molecule has 2 aromatic rings. The van der Waals surface area contributed by atoms with E-state index in [2.05, 4.69) is 10.6 Å². The van der Waals surface area contributed by atoms with E-state index >= 15 is 0 Å². The highest BCUT2D eigenvalue weighted by Crippen LogP contribution is 2.17. The largest absolute Gasteiger partial charge is 0.452 e. The van der Waals surface area contributed by atoms with Gasteiger partial charge in [-0.3, -0.25) is 14.5 Å². The van der Waals surface area contributed by atoms with Gasteiger partial charge in [-0.25, -0.2) is 9.59 Å². The number of nitrogens with one attached hydrogen (secondary N) is 2. The van der Waals surface area contributed by atoms with Crippen molar-refractivity contribution >= 4 is 23.8 Å². The zero-order chi connectivity index (χ0) is 22.5. The minimum Gasteiger partial charge on any atom is -0.452 e. The molecule has 1 heterocycles. The zero-order valence-electron chi connectivity index (χ0n) is 17.7. The monoisotopic (exact) mass is 423 g/mol. The van der Waals surface area contributed by atoms with Crippen LogP contribution in [0.2, 0.25) is 0 Å². The lowest BCUT2D eigenvalue weighted by molar-refractivity contribution is -0.125. The Morgan fingerprint density at radius 2 is 1.81 bits per heavy atom. The van der Waals surface area contributed by atoms with Crippen LogP contribution in [0.1, 0.15) is 45.6 Å². The van der Waals surface area contributed by atoms with E-state index in [1.807, 2.05) is 39.0 Å². The van der Waals surface area contributed by atoms with Crippen LogP contribution in [0.25, 0.3) is 0 Å². The normalized spacial score (nSPS) is 14.2. The second-order valence-corrected chi connectivity index (χ2v) is 7.54. The van der Waals surface area contributed by atoms with Gasteiger partial charge >= 0.3 is 12.0 Å². The van der Waals surface area contributed by atoms with Crippen LogP contribution >= 0.6 is 0 Å². The van der Waals surface area contributed by atoms with Gasteiger partial charge in [0.1, 0.15) is 0 Å². The van der Waals surface area contributed by atoms with Gasteiger partial charge in [0.05, 0.1) is 24.7 Å². The van der Waals surface area contributed by atoms with Gasteiger partial charge in [-0.05, 0) is 55.2 Å². The van der Waals surface area contributed by atoms with Crippen molar-refractivity contribution in [2.45, 2.75) is 33.4 Å². The van der Waals surface area contributed by atoms with Gasteiger partial charge in [-0.15, -0.1) is 0 Å². The molecule has 1 atom stereocenters. The fourth-order valence-corrected chi connectivity index (χ4v) is 3.16. The van der Waals surface area contributed by atoms with E-state index in [9.17, 15) is 19.2 Å². The fraction of sp³-hybridized carbons (Fsp3) is 0.304. The van der Waals surface area contributed by atoms with Crippen LogP contribution in [-0.4, -0.2) is 41.9 Å². The number of benzene rings is 2. The summed E-state index contributed by atoms with van der Waals surface area (Å²) in [6.07, 6.45) is 0. The highest BCUT2D eigenvalue weighted by molar-refractivity contribution is 6.01. The lowest BCUT2D eigenvalue weighted by Crippen LogP contribution is -2.31. The van der Waals surface area contributed by atoms with E-state index in [0.717, 1.165) is 16.0 Å². The van der Waals surface area contributed by atoms with Gasteiger partial charge < -0.3 is 15.4 Å². The molecular formula is C23H25N3O5. The van der Waals surface area contributed by atoms with E-state index in [1.165, 1.54) is 17.7 Å². The third-order valence-electron chi connectivity index (χ3n) is 5.21. The van der Waals surface area contributed by atoms with Gasteiger partial charge in [0.2, 0.25) is 5.91 Å². The number of esters is 1. The van der Waals surface area contributed by atoms with Crippen LogP contribution in [0.3, 0.4) is 0 Å². The number of hydrogen-bond acceptors (Lipinski definition) is 5. The second kappa shape index (κ2) is 9.42. The molecule has 0 radical (unpaired) electrons. The lowest BCUT2D eigenvalue weighted by atomic mass is 10.0. The Balaban J connectivity index is 1.49. The highest BCUT2D eigenvalue weighted by atomic mass is 16.5. The molecule has 31 heavy (non-hydrogen) atoms. The molecule has 1 fully saturated rings. The summed E-state index contributed by atoms with van der Waals surface area (Å²) < 4.78 is 5.10. The summed E-state index contributed by atoms with van der Waals surface area (Å²) in [6.45, 7) is 5.63. The fourth-order valence-electron chi connectivity index (χ4n) is 3.16. The second-order valence-electron chi connectivity index (χ2n) is 7.54.